The van der Waals surface area contributed by atoms with Gasteiger partial charge < -0.3 is 9.80 Å². The van der Waals surface area contributed by atoms with Crippen molar-refractivity contribution in [3.8, 4) is 0 Å². The topological polar surface area (TPSA) is 30.3 Å². The number of likely N-dealkylation sites (N-methyl/N-ethyl adjacent to an activating group) is 1. The zero-order valence-electron chi connectivity index (χ0n) is 9.01. The Bertz CT molecular complexity index is 177. The highest BCUT2D eigenvalue weighted by atomic mass is 15.2. The van der Waals surface area contributed by atoms with Gasteiger partial charge in [-0.3, -0.25) is 5.41 Å². The molecule has 13 heavy (non-hydrogen) atoms. The number of nitrogens with zero attached hydrogens (tertiary/aromatic N) is 2. The normalized spacial score (nSPS) is 20.5. The standard InChI is InChI=1S/C10H21N3/c1-9(2)10(11)13-6-4-5-12(3)7-8-13/h9,11H,4-8H2,1-3H3. The summed E-state index contributed by atoms with van der Waals surface area (Å²) in [5.41, 5.74) is 0. The predicted octanol–water partition coefficient (Wildman–Crippen LogP) is 1.26. The number of rotatable bonds is 1. The molecule has 0 amide bonds. The van der Waals surface area contributed by atoms with Crippen molar-refractivity contribution in [1.82, 2.24) is 9.80 Å². The van der Waals surface area contributed by atoms with E-state index in [4.69, 9.17) is 5.41 Å². The van der Waals surface area contributed by atoms with Crippen LogP contribution in [-0.2, 0) is 0 Å². The Morgan fingerprint density at radius 2 is 1.85 bits per heavy atom. The first-order chi connectivity index (χ1) is 6.11. The summed E-state index contributed by atoms with van der Waals surface area (Å²) < 4.78 is 0. The molecular weight excluding hydrogens is 162 g/mol. The van der Waals surface area contributed by atoms with Crippen molar-refractivity contribution in [2.24, 2.45) is 5.92 Å². The van der Waals surface area contributed by atoms with Gasteiger partial charge in [-0.25, -0.2) is 0 Å². The zero-order chi connectivity index (χ0) is 9.84. The molecule has 1 heterocycles. The molecule has 0 radical (unpaired) electrons. The molecule has 3 nitrogen and oxygen atoms in total. The third-order valence-electron chi connectivity index (χ3n) is 2.61. The van der Waals surface area contributed by atoms with Gasteiger partial charge in [-0.1, -0.05) is 13.8 Å². The van der Waals surface area contributed by atoms with Crippen LogP contribution >= 0.6 is 0 Å². The van der Waals surface area contributed by atoms with Crippen LogP contribution in [0.25, 0.3) is 0 Å². The molecule has 1 aliphatic rings. The van der Waals surface area contributed by atoms with Crippen LogP contribution in [0.3, 0.4) is 0 Å². The van der Waals surface area contributed by atoms with Crippen molar-refractivity contribution in [2.75, 3.05) is 33.2 Å². The number of amidine groups is 1. The van der Waals surface area contributed by atoms with E-state index in [1.165, 1.54) is 13.0 Å². The van der Waals surface area contributed by atoms with Crippen molar-refractivity contribution in [1.29, 1.82) is 5.41 Å². The quantitative estimate of drug-likeness (QED) is 0.490. The molecule has 1 rings (SSSR count). The highest BCUT2D eigenvalue weighted by molar-refractivity contribution is 5.80. The fraction of sp³-hybridized carbons (Fsp3) is 0.900. The van der Waals surface area contributed by atoms with Gasteiger partial charge in [0.25, 0.3) is 0 Å². The van der Waals surface area contributed by atoms with E-state index < -0.39 is 0 Å². The van der Waals surface area contributed by atoms with E-state index in [2.05, 4.69) is 30.7 Å². The van der Waals surface area contributed by atoms with Crippen molar-refractivity contribution in [3.63, 3.8) is 0 Å². The highest BCUT2D eigenvalue weighted by Gasteiger charge is 2.16. The van der Waals surface area contributed by atoms with Crippen LogP contribution in [0.1, 0.15) is 20.3 Å². The monoisotopic (exact) mass is 183 g/mol. The first kappa shape index (κ1) is 10.5. The van der Waals surface area contributed by atoms with Gasteiger partial charge in [0.2, 0.25) is 0 Å². The second kappa shape index (κ2) is 4.61. The summed E-state index contributed by atoms with van der Waals surface area (Å²) >= 11 is 0. The summed E-state index contributed by atoms with van der Waals surface area (Å²) in [6.45, 7) is 8.53. The van der Waals surface area contributed by atoms with Gasteiger partial charge in [-0.05, 0) is 20.0 Å². The lowest BCUT2D eigenvalue weighted by Crippen LogP contribution is -2.36. The van der Waals surface area contributed by atoms with Crippen molar-refractivity contribution in [3.05, 3.63) is 0 Å². The number of hydrogen-bond donors (Lipinski definition) is 1. The van der Waals surface area contributed by atoms with Gasteiger partial charge in [0, 0.05) is 25.6 Å². The largest absolute Gasteiger partial charge is 0.359 e. The molecule has 1 aliphatic heterocycles. The zero-order valence-corrected chi connectivity index (χ0v) is 9.01. The summed E-state index contributed by atoms with van der Waals surface area (Å²) in [4.78, 5) is 4.56. The third-order valence-corrected chi connectivity index (χ3v) is 2.61. The van der Waals surface area contributed by atoms with Gasteiger partial charge >= 0.3 is 0 Å². The maximum atomic E-state index is 7.91. The fourth-order valence-electron chi connectivity index (χ4n) is 1.65. The predicted molar refractivity (Wildman–Crippen MR) is 56.3 cm³/mol. The molecule has 1 fully saturated rings. The van der Waals surface area contributed by atoms with Crippen LogP contribution in [0, 0.1) is 11.3 Å². The second-order valence-corrected chi connectivity index (χ2v) is 4.18. The van der Waals surface area contributed by atoms with Crippen LogP contribution in [0.15, 0.2) is 0 Å². The van der Waals surface area contributed by atoms with Crippen LogP contribution < -0.4 is 0 Å². The number of nitrogens with one attached hydrogen (secondary N) is 1. The molecule has 76 valence electrons. The minimum atomic E-state index is 0.364. The van der Waals surface area contributed by atoms with Crippen molar-refractivity contribution < 1.29 is 0 Å². The molecule has 1 N–H and O–H groups in total. The smallest absolute Gasteiger partial charge is 0.0984 e. The average molecular weight is 183 g/mol. The average Bonchev–Trinajstić information content (AvgIpc) is 2.28. The molecule has 0 aromatic heterocycles. The minimum absolute atomic E-state index is 0.364. The third kappa shape index (κ3) is 2.99. The van der Waals surface area contributed by atoms with E-state index in [1.54, 1.807) is 0 Å². The molecule has 3 heteroatoms. The van der Waals surface area contributed by atoms with Crippen molar-refractivity contribution in [2.45, 2.75) is 20.3 Å². The van der Waals surface area contributed by atoms with E-state index >= 15 is 0 Å². The molecule has 0 spiro atoms. The first-order valence-electron chi connectivity index (χ1n) is 5.13. The Balaban J connectivity index is 2.46. The molecule has 0 aliphatic carbocycles. The van der Waals surface area contributed by atoms with Crippen LogP contribution in [0.5, 0.6) is 0 Å². The molecule has 0 aromatic rings. The van der Waals surface area contributed by atoms with Crippen LogP contribution in [-0.4, -0.2) is 48.9 Å². The van der Waals surface area contributed by atoms with E-state index in [9.17, 15) is 0 Å². The van der Waals surface area contributed by atoms with E-state index in [-0.39, 0.29) is 0 Å². The molecule has 0 saturated carbocycles. The molecule has 0 bridgehead atoms. The van der Waals surface area contributed by atoms with Gasteiger partial charge in [-0.15, -0.1) is 0 Å². The van der Waals surface area contributed by atoms with E-state index in [0.717, 1.165) is 25.5 Å². The Morgan fingerprint density at radius 3 is 2.46 bits per heavy atom. The summed E-state index contributed by atoms with van der Waals surface area (Å²) in [6, 6.07) is 0. The van der Waals surface area contributed by atoms with Crippen LogP contribution in [0.2, 0.25) is 0 Å². The van der Waals surface area contributed by atoms with E-state index in [1.807, 2.05) is 0 Å². The van der Waals surface area contributed by atoms with Crippen molar-refractivity contribution >= 4 is 5.84 Å². The number of hydrogen-bond acceptors (Lipinski definition) is 2. The molecule has 0 atom stereocenters. The maximum Gasteiger partial charge on any atom is 0.0984 e. The summed E-state index contributed by atoms with van der Waals surface area (Å²) in [5, 5.41) is 7.91. The summed E-state index contributed by atoms with van der Waals surface area (Å²) in [5.74, 6) is 1.17. The summed E-state index contributed by atoms with van der Waals surface area (Å²) in [7, 11) is 2.16. The minimum Gasteiger partial charge on any atom is -0.359 e. The molecule has 1 saturated heterocycles. The Hall–Kier alpha value is -0.570. The molecule has 0 aromatic carbocycles. The van der Waals surface area contributed by atoms with Gasteiger partial charge in [0.1, 0.15) is 0 Å². The Labute approximate surface area is 81.2 Å². The summed E-state index contributed by atoms with van der Waals surface area (Å²) in [6.07, 6.45) is 1.19. The molecule has 0 unspecified atom stereocenters. The van der Waals surface area contributed by atoms with Crippen LogP contribution in [0.4, 0.5) is 0 Å². The van der Waals surface area contributed by atoms with Gasteiger partial charge in [0.05, 0.1) is 5.84 Å². The molecular formula is C10H21N3. The highest BCUT2D eigenvalue weighted by Crippen LogP contribution is 2.06. The Kier molecular flexibility index (Phi) is 3.72. The van der Waals surface area contributed by atoms with E-state index in [0.29, 0.717) is 5.92 Å². The SMILES string of the molecule is CC(C)C(=N)N1CCCN(C)CC1. The second-order valence-electron chi connectivity index (χ2n) is 4.18. The fourth-order valence-corrected chi connectivity index (χ4v) is 1.65. The van der Waals surface area contributed by atoms with Gasteiger partial charge in [-0.2, -0.15) is 0 Å². The first-order valence-corrected chi connectivity index (χ1v) is 5.13. The van der Waals surface area contributed by atoms with Gasteiger partial charge in [0.15, 0.2) is 0 Å². The Morgan fingerprint density at radius 1 is 1.15 bits per heavy atom. The lowest BCUT2D eigenvalue weighted by atomic mass is 10.2. The lowest BCUT2D eigenvalue weighted by Gasteiger charge is -2.25. The maximum absolute atomic E-state index is 7.91. The lowest BCUT2D eigenvalue weighted by molar-refractivity contribution is 0.343.